The molecule has 1 aliphatic heterocycles. The van der Waals surface area contributed by atoms with Gasteiger partial charge in [-0.25, -0.2) is 0 Å². The molecule has 3 nitrogen and oxygen atoms in total. The third-order valence-corrected chi connectivity index (χ3v) is 5.48. The molecule has 2 rings (SSSR count). The van der Waals surface area contributed by atoms with Gasteiger partial charge in [-0.15, -0.1) is 0 Å². The van der Waals surface area contributed by atoms with Crippen LogP contribution >= 0.6 is 0 Å². The van der Waals surface area contributed by atoms with Crippen molar-refractivity contribution in [3.05, 3.63) is 0 Å². The first-order valence-electron chi connectivity index (χ1n) is 8.44. The molecular weight excluding hydrogens is 248 g/mol. The minimum atomic E-state index is -0.208. The standard InChI is InChI=1S/C17H32N2O/c1-12(2)14-7-6-13(3)10-15(14)19-16(20)17(4)8-5-9-18-11-17/h12-15,18H,5-11H2,1-4H3,(H,19,20). The van der Waals surface area contributed by atoms with Crippen LogP contribution in [-0.2, 0) is 4.79 Å². The summed E-state index contributed by atoms with van der Waals surface area (Å²) in [5.74, 6) is 2.32. The SMILES string of the molecule is CC1CCC(C(C)C)C(NC(=O)C2(C)CCCNC2)C1. The normalized spacial score (nSPS) is 38.8. The lowest BCUT2D eigenvalue weighted by Gasteiger charge is -2.41. The Kier molecular flexibility index (Phi) is 5.11. The highest BCUT2D eigenvalue weighted by atomic mass is 16.2. The number of hydrogen-bond acceptors (Lipinski definition) is 2. The van der Waals surface area contributed by atoms with E-state index >= 15 is 0 Å². The largest absolute Gasteiger partial charge is 0.353 e. The molecule has 20 heavy (non-hydrogen) atoms. The van der Waals surface area contributed by atoms with Crippen LogP contribution in [-0.4, -0.2) is 25.0 Å². The van der Waals surface area contributed by atoms with Gasteiger partial charge in [-0.05, 0) is 56.9 Å². The molecule has 0 aromatic carbocycles. The molecule has 1 saturated carbocycles. The predicted octanol–water partition coefficient (Wildman–Crippen LogP) is 2.95. The summed E-state index contributed by atoms with van der Waals surface area (Å²) in [5, 5.41) is 6.79. The molecule has 0 bridgehead atoms. The molecule has 4 unspecified atom stereocenters. The molecule has 1 saturated heterocycles. The summed E-state index contributed by atoms with van der Waals surface area (Å²) in [6.45, 7) is 10.9. The highest BCUT2D eigenvalue weighted by Crippen LogP contribution is 2.34. The number of piperidine rings is 1. The molecule has 1 aliphatic carbocycles. The third kappa shape index (κ3) is 3.55. The van der Waals surface area contributed by atoms with Crippen molar-refractivity contribution < 1.29 is 4.79 Å². The minimum Gasteiger partial charge on any atom is -0.353 e. The highest BCUT2D eigenvalue weighted by Gasteiger charge is 2.38. The monoisotopic (exact) mass is 280 g/mol. The van der Waals surface area contributed by atoms with Crippen LogP contribution in [0, 0.1) is 23.2 Å². The van der Waals surface area contributed by atoms with E-state index in [4.69, 9.17) is 0 Å². The average molecular weight is 280 g/mol. The molecule has 2 fully saturated rings. The van der Waals surface area contributed by atoms with E-state index in [-0.39, 0.29) is 11.3 Å². The van der Waals surface area contributed by atoms with E-state index in [0.717, 1.165) is 38.3 Å². The second-order valence-corrected chi connectivity index (χ2v) is 7.75. The first-order valence-corrected chi connectivity index (χ1v) is 8.44. The first-order chi connectivity index (χ1) is 9.42. The third-order valence-electron chi connectivity index (χ3n) is 5.48. The van der Waals surface area contributed by atoms with Crippen LogP contribution < -0.4 is 10.6 Å². The van der Waals surface area contributed by atoms with Crippen LogP contribution in [0.2, 0.25) is 0 Å². The summed E-state index contributed by atoms with van der Waals surface area (Å²) in [7, 11) is 0. The lowest BCUT2D eigenvalue weighted by Crippen LogP contribution is -2.54. The second kappa shape index (κ2) is 6.46. The fourth-order valence-electron chi connectivity index (χ4n) is 3.96. The van der Waals surface area contributed by atoms with Crippen molar-refractivity contribution in [1.29, 1.82) is 0 Å². The van der Waals surface area contributed by atoms with Crippen LogP contribution in [0.4, 0.5) is 0 Å². The molecule has 0 aromatic rings. The van der Waals surface area contributed by atoms with Crippen LogP contribution in [0.15, 0.2) is 0 Å². The zero-order valence-corrected chi connectivity index (χ0v) is 13.7. The van der Waals surface area contributed by atoms with E-state index in [2.05, 4.69) is 38.3 Å². The molecule has 1 heterocycles. The molecule has 1 amide bonds. The summed E-state index contributed by atoms with van der Waals surface area (Å²) in [6.07, 6.45) is 5.85. The van der Waals surface area contributed by atoms with E-state index < -0.39 is 0 Å². The Hall–Kier alpha value is -0.570. The smallest absolute Gasteiger partial charge is 0.227 e. The van der Waals surface area contributed by atoms with Crippen LogP contribution in [0.1, 0.15) is 59.8 Å². The minimum absolute atomic E-state index is 0.208. The Morgan fingerprint density at radius 2 is 2.10 bits per heavy atom. The predicted molar refractivity (Wildman–Crippen MR) is 83.5 cm³/mol. The van der Waals surface area contributed by atoms with Crippen molar-refractivity contribution in [3.8, 4) is 0 Å². The van der Waals surface area contributed by atoms with Gasteiger partial charge in [0, 0.05) is 12.6 Å². The number of nitrogens with one attached hydrogen (secondary N) is 2. The molecule has 0 aromatic heterocycles. The summed E-state index contributed by atoms with van der Waals surface area (Å²) >= 11 is 0. The number of hydrogen-bond donors (Lipinski definition) is 2. The molecule has 3 heteroatoms. The van der Waals surface area contributed by atoms with Gasteiger partial charge < -0.3 is 10.6 Å². The zero-order valence-electron chi connectivity index (χ0n) is 13.7. The number of carbonyl (C=O) groups excluding carboxylic acids is 1. The first kappa shape index (κ1) is 15.8. The fourth-order valence-corrected chi connectivity index (χ4v) is 3.96. The molecule has 0 radical (unpaired) electrons. The van der Waals surface area contributed by atoms with Gasteiger partial charge in [0.1, 0.15) is 0 Å². The van der Waals surface area contributed by atoms with Gasteiger partial charge in [-0.1, -0.05) is 27.2 Å². The lowest BCUT2D eigenvalue weighted by molar-refractivity contribution is -0.132. The van der Waals surface area contributed by atoms with Gasteiger partial charge in [0.25, 0.3) is 0 Å². The summed E-state index contributed by atoms with van der Waals surface area (Å²) in [5.41, 5.74) is -0.208. The maximum Gasteiger partial charge on any atom is 0.227 e. The Morgan fingerprint density at radius 1 is 1.35 bits per heavy atom. The highest BCUT2D eigenvalue weighted by molar-refractivity contribution is 5.83. The zero-order chi connectivity index (χ0) is 14.8. The fraction of sp³-hybridized carbons (Fsp3) is 0.941. The van der Waals surface area contributed by atoms with E-state index in [1.54, 1.807) is 0 Å². The number of amides is 1. The van der Waals surface area contributed by atoms with Crippen LogP contribution in [0.25, 0.3) is 0 Å². The Morgan fingerprint density at radius 3 is 2.70 bits per heavy atom. The van der Waals surface area contributed by atoms with E-state index in [1.807, 2.05) is 0 Å². The topological polar surface area (TPSA) is 41.1 Å². The maximum absolute atomic E-state index is 12.7. The van der Waals surface area contributed by atoms with E-state index in [9.17, 15) is 4.79 Å². The molecule has 4 atom stereocenters. The van der Waals surface area contributed by atoms with Gasteiger partial charge in [0.15, 0.2) is 0 Å². The van der Waals surface area contributed by atoms with Gasteiger partial charge >= 0.3 is 0 Å². The maximum atomic E-state index is 12.7. The molecule has 2 aliphatic rings. The van der Waals surface area contributed by atoms with Crippen LogP contribution in [0.3, 0.4) is 0 Å². The van der Waals surface area contributed by atoms with Crippen molar-refractivity contribution in [2.24, 2.45) is 23.2 Å². The Bertz CT molecular complexity index is 334. The van der Waals surface area contributed by atoms with Gasteiger partial charge in [0.05, 0.1) is 5.41 Å². The Labute approximate surface area is 124 Å². The summed E-state index contributed by atoms with van der Waals surface area (Å²) in [6, 6.07) is 0.380. The number of carbonyl (C=O) groups is 1. The molecular formula is C17H32N2O. The van der Waals surface area contributed by atoms with Gasteiger partial charge in [-0.2, -0.15) is 0 Å². The lowest BCUT2D eigenvalue weighted by atomic mass is 9.73. The van der Waals surface area contributed by atoms with Crippen LogP contribution in [0.5, 0.6) is 0 Å². The van der Waals surface area contributed by atoms with Crippen molar-refractivity contribution >= 4 is 5.91 Å². The van der Waals surface area contributed by atoms with E-state index in [0.29, 0.717) is 17.9 Å². The van der Waals surface area contributed by atoms with E-state index in [1.165, 1.54) is 12.8 Å². The van der Waals surface area contributed by atoms with Gasteiger partial charge in [-0.3, -0.25) is 4.79 Å². The second-order valence-electron chi connectivity index (χ2n) is 7.75. The number of rotatable bonds is 3. The molecule has 2 N–H and O–H groups in total. The average Bonchev–Trinajstić information content (AvgIpc) is 2.39. The van der Waals surface area contributed by atoms with Crippen molar-refractivity contribution in [3.63, 3.8) is 0 Å². The summed E-state index contributed by atoms with van der Waals surface area (Å²) in [4.78, 5) is 12.7. The molecule has 0 spiro atoms. The summed E-state index contributed by atoms with van der Waals surface area (Å²) < 4.78 is 0. The van der Waals surface area contributed by atoms with Crippen molar-refractivity contribution in [1.82, 2.24) is 10.6 Å². The van der Waals surface area contributed by atoms with Crippen molar-refractivity contribution in [2.75, 3.05) is 13.1 Å². The Balaban J connectivity index is 2.00. The van der Waals surface area contributed by atoms with Gasteiger partial charge in [0.2, 0.25) is 5.91 Å². The van der Waals surface area contributed by atoms with Crippen molar-refractivity contribution in [2.45, 2.75) is 65.8 Å². The quantitative estimate of drug-likeness (QED) is 0.834. The molecule has 116 valence electrons.